The van der Waals surface area contributed by atoms with Crippen molar-refractivity contribution in [1.29, 1.82) is 0 Å². The third-order valence-corrected chi connectivity index (χ3v) is 4.69. The largest absolute Gasteiger partial charge is 0.497 e. The minimum atomic E-state index is -1.22. The number of hydrogen-bond donors (Lipinski definition) is 3. The predicted octanol–water partition coefficient (Wildman–Crippen LogP) is 2.76. The number of urea groups is 1. The number of ether oxygens (including phenoxy) is 2. The van der Waals surface area contributed by atoms with Crippen LogP contribution in [0.3, 0.4) is 0 Å². The number of benzene rings is 2. The summed E-state index contributed by atoms with van der Waals surface area (Å²) in [6.07, 6.45) is 0. The first-order chi connectivity index (χ1) is 13.9. The Bertz CT molecular complexity index is 917. The Morgan fingerprint density at radius 2 is 1.72 bits per heavy atom. The van der Waals surface area contributed by atoms with Gasteiger partial charge < -0.3 is 20.1 Å². The monoisotopic (exact) mass is 414 g/mol. The molecule has 9 heteroatoms. The first-order valence-corrected chi connectivity index (χ1v) is 9.40. The SMILES string of the molecule is CCOc1ccc(NC(=S)NN2C(=O)N[C@@](C)(c3ccc(OC)cc3)C2=O)cc1. The van der Waals surface area contributed by atoms with Crippen LogP contribution in [-0.4, -0.2) is 35.8 Å². The van der Waals surface area contributed by atoms with Crippen LogP contribution >= 0.6 is 12.2 Å². The lowest BCUT2D eigenvalue weighted by Gasteiger charge is -2.23. The molecule has 0 bridgehead atoms. The molecule has 1 aliphatic heterocycles. The molecule has 0 saturated carbocycles. The zero-order chi connectivity index (χ0) is 21.0. The molecule has 3 rings (SSSR count). The highest BCUT2D eigenvalue weighted by Gasteiger charge is 2.49. The summed E-state index contributed by atoms with van der Waals surface area (Å²) in [4.78, 5) is 25.3. The molecule has 0 aliphatic carbocycles. The Labute approximate surface area is 174 Å². The fourth-order valence-corrected chi connectivity index (χ4v) is 3.13. The lowest BCUT2D eigenvalue weighted by atomic mass is 9.92. The van der Waals surface area contributed by atoms with Crippen LogP contribution in [0.15, 0.2) is 48.5 Å². The highest BCUT2D eigenvalue weighted by atomic mass is 32.1. The lowest BCUT2D eigenvalue weighted by Crippen LogP contribution is -2.49. The first-order valence-electron chi connectivity index (χ1n) is 8.99. The van der Waals surface area contributed by atoms with Gasteiger partial charge in [-0.25, -0.2) is 4.79 Å². The third kappa shape index (κ3) is 4.24. The smallest absolute Gasteiger partial charge is 0.344 e. The normalized spacial score (nSPS) is 18.2. The van der Waals surface area contributed by atoms with Crippen LogP contribution in [0.1, 0.15) is 19.4 Å². The molecule has 1 fully saturated rings. The second-order valence-corrected chi connectivity index (χ2v) is 6.86. The molecule has 1 atom stereocenters. The predicted molar refractivity (Wildman–Crippen MR) is 113 cm³/mol. The van der Waals surface area contributed by atoms with Gasteiger partial charge in [-0.1, -0.05) is 12.1 Å². The summed E-state index contributed by atoms with van der Waals surface area (Å²) in [6.45, 7) is 4.12. The maximum absolute atomic E-state index is 12.9. The molecule has 8 nitrogen and oxygen atoms in total. The van der Waals surface area contributed by atoms with Crippen molar-refractivity contribution in [3.8, 4) is 11.5 Å². The number of carbonyl (C=O) groups is 2. The summed E-state index contributed by atoms with van der Waals surface area (Å²) in [5, 5.41) is 6.62. The number of methoxy groups -OCH3 is 1. The van der Waals surface area contributed by atoms with Gasteiger partial charge in [-0.05, 0) is 68.0 Å². The van der Waals surface area contributed by atoms with Crippen molar-refractivity contribution in [2.45, 2.75) is 19.4 Å². The number of imide groups is 1. The molecular weight excluding hydrogens is 392 g/mol. The molecule has 0 aromatic heterocycles. The molecule has 29 heavy (non-hydrogen) atoms. The maximum atomic E-state index is 12.9. The van der Waals surface area contributed by atoms with Crippen LogP contribution in [-0.2, 0) is 10.3 Å². The van der Waals surface area contributed by atoms with E-state index in [0.29, 0.717) is 23.6 Å². The van der Waals surface area contributed by atoms with Crippen molar-refractivity contribution in [3.63, 3.8) is 0 Å². The lowest BCUT2D eigenvalue weighted by molar-refractivity contribution is -0.132. The fourth-order valence-electron chi connectivity index (χ4n) is 2.92. The molecule has 152 valence electrons. The number of hydrazine groups is 1. The fraction of sp³-hybridized carbons (Fsp3) is 0.250. The minimum Gasteiger partial charge on any atom is -0.497 e. The Morgan fingerprint density at radius 1 is 1.10 bits per heavy atom. The van der Waals surface area contributed by atoms with Gasteiger partial charge in [-0.3, -0.25) is 10.2 Å². The van der Waals surface area contributed by atoms with Crippen molar-refractivity contribution in [2.75, 3.05) is 19.0 Å². The summed E-state index contributed by atoms with van der Waals surface area (Å²) < 4.78 is 10.5. The van der Waals surface area contributed by atoms with E-state index in [1.807, 2.05) is 6.92 Å². The molecule has 3 amide bonds. The number of anilines is 1. The van der Waals surface area contributed by atoms with Gasteiger partial charge in [0.25, 0.3) is 5.91 Å². The average molecular weight is 414 g/mol. The Hall–Kier alpha value is -3.33. The van der Waals surface area contributed by atoms with Gasteiger partial charge in [-0.2, -0.15) is 5.01 Å². The van der Waals surface area contributed by atoms with Gasteiger partial charge in [-0.15, -0.1) is 0 Å². The summed E-state index contributed by atoms with van der Waals surface area (Å²) in [5.41, 5.74) is 2.75. The van der Waals surface area contributed by atoms with Crippen LogP contribution in [0.25, 0.3) is 0 Å². The Kier molecular flexibility index (Phi) is 5.88. The van der Waals surface area contributed by atoms with E-state index in [1.54, 1.807) is 62.6 Å². The van der Waals surface area contributed by atoms with E-state index in [1.165, 1.54) is 0 Å². The van der Waals surface area contributed by atoms with E-state index >= 15 is 0 Å². The quantitative estimate of drug-likeness (QED) is 0.494. The molecule has 2 aromatic carbocycles. The van der Waals surface area contributed by atoms with Crippen molar-refractivity contribution in [3.05, 3.63) is 54.1 Å². The number of nitrogens with zero attached hydrogens (tertiary/aromatic N) is 1. The van der Waals surface area contributed by atoms with E-state index in [-0.39, 0.29) is 5.11 Å². The van der Waals surface area contributed by atoms with Crippen molar-refractivity contribution in [1.82, 2.24) is 15.8 Å². The number of carbonyl (C=O) groups excluding carboxylic acids is 2. The molecule has 2 aromatic rings. The van der Waals surface area contributed by atoms with Gasteiger partial charge in [0.15, 0.2) is 5.11 Å². The summed E-state index contributed by atoms with van der Waals surface area (Å²) >= 11 is 5.24. The third-order valence-electron chi connectivity index (χ3n) is 4.49. The van der Waals surface area contributed by atoms with E-state index in [9.17, 15) is 9.59 Å². The second kappa shape index (κ2) is 8.36. The van der Waals surface area contributed by atoms with E-state index in [4.69, 9.17) is 21.7 Å². The van der Waals surface area contributed by atoms with Gasteiger partial charge in [0.1, 0.15) is 17.0 Å². The molecule has 0 unspecified atom stereocenters. The van der Waals surface area contributed by atoms with E-state index < -0.39 is 17.5 Å². The second-order valence-electron chi connectivity index (χ2n) is 6.45. The zero-order valence-corrected chi connectivity index (χ0v) is 17.1. The van der Waals surface area contributed by atoms with Crippen molar-refractivity contribution < 1.29 is 19.1 Å². The van der Waals surface area contributed by atoms with Gasteiger partial charge in [0, 0.05) is 5.69 Å². The zero-order valence-electron chi connectivity index (χ0n) is 16.3. The molecule has 1 heterocycles. The number of nitrogens with one attached hydrogen (secondary N) is 3. The van der Waals surface area contributed by atoms with Crippen LogP contribution in [0.5, 0.6) is 11.5 Å². The van der Waals surface area contributed by atoms with Crippen LogP contribution in [0.4, 0.5) is 10.5 Å². The number of amides is 3. The molecule has 0 spiro atoms. The van der Waals surface area contributed by atoms with Crippen LogP contribution in [0, 0.1) is 0 Å². The molecule has 3 N–H and O–H groups in total. The van der Waals surface area contributed by atoms with Crippen molar-refractivity contribution in [2.24, 2.45) is 0 Å². The first kappa shape index (κ1) is 20.4. The number of hydrogen-bond acceptors (Lipinski definition) is 5. The number of rotatable bonds is 6. The molecule has 0 radical (unpaired) electrons. The van der Waals surface area contributed by atoms with Crippen LogP contribution in [0.2, 0.25) is 0 Å². The minimum absolute atomic E-state index is 0.108. The molecule has 1 saturated heterocycles. The highest BCUT2D eigenvalue weighted by Crippen LogP contribution is 2.29. The summed E-state index contributed by atoms with van der Waals surface area (Å²) in [6, 6.07) is 13.5. The van der Waals surface area contributed by atoms with Crippen molar-refractivity contribution >= 4 is 35.0 Å². The maximum Gasteiger partial charge on any atom is 0.344 e. The highest BCUT2D eigenvalue weighted by molar-refractivity contribution is 7.80. The van der Waals surface area contributed by atoms with Crippen LogP contribution < -0.4 is 25.5 Å². The summed E-state index contributed by atoms with van der Waals surface area (Å²) in [5.74, 6) is 0.926. The average Bonchev–Trinajstić information content (AvgIpc) is 2.93. The summed E-state index contributed by atoms with van der Waals surface area (Å²) in [7, 11) is 1.56. The number of thiocarbonyl (C=S) groups is 1. The van der Waals surface area contributed by atoms with E-state index in [0.717, 1.165) is 10.8 Å². The Morgan fingerprint density at radius 3 is 2.31 bits per heavy atom. The van der Waals surface area contributed by atoms with E-state index in [2.05, 4.69) is 16.1 Å². The molecule has 1 aliphatic rings. The standard InChI is InChI=1S/C20H22N4O4S/c1-4-28-16-11-7-14(8-12-16)21-18(29)23-24-17(25)20(2,22-19(24)26)13-5-9-15(27-3)10-6-13/h5-12H,4H2,1-3H3,(H,22,26)(H2,21,23,29)/t20-/m0/s1. The topological polar surface area (TPSA) is 91.9 Å². The van der Waals surface area contributed by atoms with Gasteiger partial charge in [0.05, 0.1) is 13.7 Å². The van der Waals surface area contributed by atoms with Gasteiger partial charge in [0.2, 0.25) is 0 Å². The van der Waals surface area contributed by atoms with Gasteiger partial charge >= 0.3 is 6.03 Å². The molecular formula is C20H22N4O4S. The Balaban J connectivity index is 1.68.